The summed E-state index contributed by atoms with van der Waals surface area (Å²) in [4.78, 5) is 11.3. The van der Waals surface area contributed by atoms with Crippen molar-refractivity contribution in [1.29, 1.82) is 0 Å². The molecule has 14 heavy (non-hydrogen) atoms. The summed E-state index contributed by atoms with van der Waals surface area (Å²) in [6, 6.07) is -0.214. The van der Waals surface area contributed by atoms with Gasteiger partial charge in [0.1, 0.15) is 0 Å². The van der Waals surface area contributed by atoms with E-state index in [0.717, 1.165) is 19.3 Å². The monoisotopic (exact) mass is 275 g/mol. The van der Waals surface area contributed by atoms with Gasteiger partial charge in [-0.1, -0.05) is 52.5 Å². The normalized spacial score (nSPS) is 22.9. The van der Waals surface area contributed by atoms with E-state index in [2.05, 4.69) is 5.32 Å². The molecule has 1 rings (SSSR count). The van der Waals surface area contributed by atoms with Crippen molar-refractivity contribution in [2.24, 2.45) is 0 Å². The molecule has 1 N–H and O–H groups in total. The first-order chi connectivity index (χ1) is 6.41. The van der Waals surface area contributed by atoms with Gasteiger partial charge in [-0.3, -0.25) is 4.79 Å². The Bertz CT molecular complexity index is 259. The third kappa shape index (κ3) is 3.50. The van der Waals surface area contributed by atoms with Crippen LogP contribution in [0.4, 0.5) is 0 Å². The minimum Gasteiger partial charge on any atom is -0.345 e. The van der Waals surface area contributed by atoms with E-state index in [1.54, 1.807) is 0 Å². The standard InChI is InChI=1S/C8H9Cl4NO/c9-5-3-1-2-4-6(5)13-7(14)8(10,11)12/h3,6H,1-2,4H2,(H,13,14)/t6-/m1/s1. The van der Waals surface area contributed by atoms with Gasteiger partial charge in [0.2, 0.25) is 0 Å². The second-order valence-corrected chi connectivity index (χ2v) is 5.76. The summed E-state index contributed by atoms with van der Waals surface area (Å²) in [6.45, 7) is 0. The summed E-state index contributed by atoms with van der Waals surface area (Å²) in [6.07, 6.45) is 4.55. The Morgan fingerprint density at radius 2 is 2.14 bits per heavy atom. The highest BCUT2D eigenvalue weighted by Crippen LogP contribution is 2.28. The van der Waals surface area contributed by atoms with Crippen molar-refractivity contribution < 1.29 is 4.79 Å². The van der Waals surface area contributed by atoms with E-state index >= 15 is 0 Å². The molecule has 0 aromatic carbocycles. The van der Waals surface area contributed by atoms with E-state index in [-0.39, 0.29) is 6.04 Å². The predicted molar refractivity (Wildman–Crippen MR) is 60.0 cm³/mol. The number of hydrogen-bond donors (Lipinski definition) is 1. The van der Waals surface area contributed by atoms with Gasteiger partial charge >= 0.3 is 0 Å². The Balaban J connectivity index is 2.56. The molecule has 0 fully saturated rings. The van der Waals surface area contributed by atoms with Gasteiger partial charge in [-0.2, -0.15) is 0 Å². The lowest BCUT2D eigenvalue weighted by Gasteiger charge is -2.23. The lowest BCUT2D eigenvalue weighted by atomic mass is 10.0. The zero-order valence-electron chi connectivity index (χ0n) is 7.20. The van der Waals surface area contributed by atoms with E-state index in [1.807, 2.05) is 6.08 Å². The van der Waals surface area contributed by atoms with E-state index in [9.17, 15) is 4.79 Å². The van der Waals surface area contributed by atoms with Crippen molar-refractivity contribution in [2.75, 3.05) is 0 Å². The minimum absolute atomic E-state index is 0.214. The molecular formula is C8H9Cl4NO. The first kappa shape index (κ1) is 12.4. The van der Waals surface area contributed by atoms with Crippen molar-refractivity contribution >= 4 is 52.3 Å². The number of rotatable bonds is 1. The Hall–Kier alpha value is 0.370. The number of carbonyl (C=O) groups excluding carboxylic acids is 1. The van der Waals surface area contributed by atoms with E-state index in [0.29, 0.717) is 5.03 Å². The van der Waals surface area contributed by atoms with Gasteiger partial charge in [0, 0.05) is 5.03 Å². The quantitative estimate of drug-likeness (QED) is 0.733. The zero-order valence-corrected chi connectivity index (χ0v) is 10.2. The number of carbonyl (C=O) groups is 1. The largest absolute Gasteiger partial charge is 0.345 e. The molecule has 0 aliphatic heterocycles. The second kappa shape index (κ2) is 4.93. The Labute approximate surface area is 103 Å². The molecule has 80 valence electrons. The van der Waals surface area contributed by atoms with Crippen LogP contribution in [0.3, 0.4) is 0 Å². The SMILES string of the molecule is O=C(N[C@@H]1CCCC=C1Cl)C(Cl)(Cl)Cl. The van der Waals surface area contributed by atoms with Crippen molar-refractivity contribution in [3.05, 3.63) is 11.1 Å². The molecule has 1 aliphatic rings. The van der Waals surface area contributed by atoms with Crippen LogP contribution in [0.1, 0.15) is 19.3 Å². The molecule has 0 unspecified atom stereocenters. The maximum absolute atomic E-state index is 11.3. The summed E-state index contributed by atoms with van der Waals surface area (Å²) < 4.78 is -1.92. The Kier molecular flexibility index (Phi) is 4.38. The molecular weight excluding hydrogens is 268 g/mol. The molecule has 0 heterocycles. The molecule has 1 amide bonds. The smallest absolute Gasteiger partial charge is 0.272 e. The van der Waals surface area contributed by atoms with Gasteiger partial charge in [-0.15, -0.1) is 0 Å². The maximum atomic E-state index is 11.3. The van der Waals surface area contributed by atoms with Crippen molar-refractivity contribution in [3.63, 3.8) is 0 Å². The van der Waals surface area contributed by atoms with Crippen molar-refractivity contribution in [3.8, 4) is 0 Å². The Morgan fingerprint density at radius 3 is 2.64 bits per heavy atom. The van der Waals surface area contributed by atoms with Gasteiger partial charge in [0.05, 0.1) is 6.04 Å². The van der Waals surface area contributed by atoms with Gasteiger partial charge < -0.3 is 5.32 Å². The van der Waals surface area contributed by atoms with Crippen LogP contribution in [0.15, 0.2) is 11.1 Å². The van der Waals surface area contributed by atoms with Crippen LogP contribution >= 0.6 is 46.4 Å². The molecule has 0 spiro atoms. The fourth-order valence-corrected chi connectivity index (χ4v) is 1.66. The lowest BCUT2D eigenvalue weighted by molar-refractivity contribution is -0.120. The summed E-state index contributed by atoms with van der Waals surface area (Å²) in [5.41, 5.74) is 0. The van der Waals surface area contributed by atoms with Gasteiger partial charge in [0.25, 0.3) is 9.70 Å². The molecule has 0 bridgehead atoms. The number of alkyl halides is 3. The number of halogens is 4. The van der Waals surface area contributed by atoms with Crippen molar-refractivity contribution in [2.45, 2.75) is 29.1 Å². The average molecular weight is 277 g/mol. The average Bonchev–Trinajstić information content (AvgIpc) is 2.07. The molecule has 0 saturated carbocycles. The molecule has 0 aromatic heterocycles. The zero-order chi connectivity index (χ0) is 10.8. The highest BCUT2D eigenvalue weighted by molar-refractivity contribution is 6.76. The van der Waals surface area contributed by atoms with Gasteiger partial charge in [-0.05, 0) is 19.3 Å². The van der Waals surface area contributed by atoms with Crippen LogP contribution in [0.5, 0.6) is 0 Å². The van der Waals surface area contributed by atoms with Crippen LogP contribution in [0.25, 0.3) is 0 Å². The molecule has 1 atom stereocenters. The summed E-state index contributed by atoms with van der Waals surface area (Å²) in [5.74, 6) is -0.638. The van der Waals surface area contributed by atoms with Crippen molar-refractivity contribution in [1.82, 2.24) is 5.32 Å². The van der Waals surface area contributed by atoms with E-state index < -0.39 is 9.70 Å². The number of nitrogens with one attached hydrogen (secondary N) is 1. The predicted octanol–water partition coefficient (Wildman–Crippen LogP) is 3.15. The lowest BCUT2D eigenvalue weighted by Crippen LogP contribution is -2.42. The maximum Gasteiger partial charge on any atom is 0.272 e. The van der Waals surface area contributed by atoms with Crippen LogP contribution in [-0.2, 0) is 4.79 Å². The summed E-state index contributed by atoms with van der Waals surface area (Å²) in [5, 5.41) is 3.18. The van der Waals surface area contributed by atoms with Gasteiger partial charge in [-0.25, -0.2) is 0 Å². The number of allylic oxidation sites excluding steroid dienone is 1. The number of amides is 1. The molecule has 1 aliphatic carbocycles. The Morgan fingerprint density at radius 1 is 1.50 bits per heavy atom. The molecule has 6 heteroatoms. The first-order valence-corrected chi connectivity index (χ1v) is 5.65. The third-order valence-electron chi connectivity index (χ3n) is 1.93. The topological polar surface area (TPSA) is 29.1 Å². The first-order valence-electron chi connectivity index (χ1n) is 4.14. The minimum atomic E-state index is -1.92. The van der Waals surface area contributed by atoms with Crippen LogP contribution < -0.4 is 5.32 Å². The fourth-order valence-electron chi connectivity index (χ4n) is 1.22. The van der Waals surface area contributed by atoms with Gasteiger partial charge in [0.15, 0.2) is 0 Å². The summed E-state index contributed by atoms with van der Waals surface area (Å²) >= 11 is 22.1. The summed E-state index contributed by atoms with van der Waals surface area (Å²) in [7, 11) is 0. The van der Waals surface area contributed by atoms with E-state index in [1.165, 1.54) is 0 Å². The highest BCUT2D eigenvalue weighted by atomic mass is 35.6. The van der Waals surface area contributed by atoms with E-state index in [4.69, 9.17) is 46.4 Å². The second-order valence-electron chi connectivity index (χ2n) is 3.04. The fraction of sp³-hybridized carbons (Fsp3) is 0.625. The van der Waals surface area contributed by atoms with Crippen LogP contribution in [0, 0.1) is 0 Å². The molecule has 0 radical (unpaired) electrons. The van der Waals surface area contributed by atoms with Crippen LogP contribution in [0.2, 0.25) is 0 Å². The molecule has 2 nitrogen and oxygen atoms in total. The number of hydrogen-bond acceptors (Lipinski definition) is 1. The highest BCUT2D eigenvalue weighted by Gasteiger charge is 2.33. The third-order valence-corrected chi connectivity index (χ3v) is 2.86. The molecule has 0 aromatic rings. The molecule has 0 saturated heterocycles. The van der Waals surface area contributed by atoms with Crippen LogP contribution in [-0.4, -0.2) is 15.7 Å².